The average Bonchev–Trinajstić information content (AvgIpc) is 3.23. The van der Waals surface area contributed by atoms with Crippen LogP contribution in [0.2, 0.25) is 0 Å². The minimum Gasteiger partial charge on any atom is -0.382 e. The molecule has 0 spiro atoms. The maximum absolute atomic E-state index is 12.7. The van der Waals surface area contributed by atoms with E-state index < -0.39 is 6.17 Å². The van der Waals surface area contributed by atoms with Gasteiger partial charge in [0, 0.05) is 71.4 Å². The number of anilines is 3. The summed E-state index contributed by atoms with van der Waals surface area (Å²) in [6.07, 6.45) is 6.06. The van der Waals surface area contributed by atoms with Crippen LogP contribution in [0.3, 0.4) is 0 Å². The number of aromatic nitrogens is 2. The van der Waals surface area contributed by atoms with Crippen molar-refractivity contribution in [3.63, 3.8) is 0 Å². The number of hydrogen-bond acceptors (Lipinski definition) is 10. The van der Waals surface area contributed by atoms with Gasteiger partial charge in [0.25, 0.3) is 5.56 Å². The van der Waals surface area contributed by atoms with Crippen molar-refractivity contribution in [2.45, 2.75) is 38.0 Å². The summed E-state index contributed by atoms with van der Waals surface area (Å²) in [5, 5.41) is 13.4. The van der Waals surface area contributed by atoms with Gasteiger partial charge in [-0.05, 0) is 37.1 Å². The summed E-state index contributed by atoms with van der Waals surface area (Å²) in [5.74, 6) is 0.806. The standard InChI is InChI=1S/C27H40N8O3/c1-37-19-22(38-2)18-33-13-15-34(16-14-33)21-9-7-20(8-10-21)29-25-24-23(17-28-32-26(24)36)30-27(31-25)35-11-5-3-4-6-12-35/h7-10,17,22,25,29H,3-6,11-16,18-19H2,1-2H3,(H,30,31)(H,32,36). The number of H-pyrrole nitrogens is 1. The summed E-state index contributed by atoms with van der Waals surface area (Å²) >= 11 is 0. The summed E-state index contributed by atoms with van der Waals surface area (Å²) in [6, 6.07) is 8.41. The van der Waals surface area contributed by atoms with E-state index in [0.717, 1.165) is 70.3 Å². The molecule has 5 rings (SSSR count). The van der Waals surface area contributed by atoms with E-state index in [0.29, 0.717) is 17.9 Å². The Kier molecular flexibility index (Phi) is 8.77. The minimum absolute atomic E-state index is 0.0996. The number of methoxy groups -OCH3 is 2. The highest BCUT2D eigenvalue weighted by Crippen LogP contribution is 2.30. The maximum Gasteiger partial charge on any atom is 0.273 e. The first-order chi connectivity index (χ1) is 18.6. The summed E-state index contributed by atoms with van der Waals surface area (Å²) < 4.78 is 10.8. The van der Waals surface area contributed by atoms with Crippen LogP contribution >= 0.6 is 0 Å². The summed E-state index contributed by atoms with van der Waals surface area (Å²) in [6.45, 7) is 7.32. The van der Waals surface area contributed by atoms with Crippen molar-refractivity contribution in [2.24, 2.45) is 4.99 Å². The molecule has 2 fully saturated rings. The molecule has 3 N–H and O–H groups in total. The topological polar surface area (TPSA) is 110 Å². The summed E-state index contributed by atoms with van der Waals surface area (Å²) in [4.78, 5) is 24.8. The SMILES string of the molecule is COCC(CN1CCN(c2ccc(NC3N=C(N4CCCCCC4)Nc4cn[nH]c(=O)c43)cc2)CC1)OC. The van der Waals surface area contributed by atoms with Crippen molar-refractivity contribution in [3.05, 3.63) is 46.4 Å². The molecule has 11 heteroatoms. The normalized spacial score (nSPS) is 21.2. The van der Waals surface area contributed by atoms with E-state index in [1.807, 2.05) is 0 Å². The summed E-state index contributed by atoms with van der Waals surface area (Å²) in [7, 11) is 3.45. The third kappa shape index (κ3) is 6.28. The number of piperazine rings is 1. The molecular weight excluding hydrogens is 484 g/mol. The quantitative estimate of drug-likeness (QED) is 0.479. The van der Waals surface area contributed by atoms with Gasteiger partial charge in [-0.1, -0.05) is 12.8 Å². The number of rotatable bonds is 8. The van der Waals surface area contributed by atoms with Crippen LogP contribution in [0.15, 0.2) is 40.2 Å². The van der Waals surface area contributed by atoms with Crippen LogP contribution in [0.1, 0.15) is 37.4 Å². The maximum atomic E-state index is 12.7. The first-order valence-corrected chi connectivity index (χ1v) is 13.7. The molecule has 2 unspecified atom stereocenters. The van der Waals surface area contributed by atoms with Crippen molar-refractivity contribution >= 4 is 23.0 Å². The Morgan fingerprint density at radius 3 is 2.42 bits per heavy atom. The second-order valence-electron chi connectivity index (χ2n) is 10.2. The first-order valence-electron chi connectivity index (χ1n) is 13.7. The molecule has 0 aliphatic carbocycles. The molecule has 1 aromatic heterocycles. The molecule has 2 saturated heterocycles. The van der Waals surface area contributed by atoms with E-state index in [4.69, 9.17) is 14.5 Å². The van der Waals surface area contributed by atoms with Gasteiger partial charge in [0.1, 0.15) is 0 Å². The number of ether oxygens (including phenoxy) is 2. The van der Waals surface area contributed by atoms with Crippen molar-refractivity contribution in [1.82, 2.24) is 20.0 Å². The van der Waals surface area contributed by atoms with Gasteiger partial charge in [0.15, 0.2) is 6.17 Å². The van der Waals surface area contributed by atoms with Gasteiger partial charge in [-0.2, -0.15) is 5.10 Å². The number of likely N-dealkylation sites (tertiary alicyclic amines) is 1. The number of nitrogens with zero attached hydrogens (tertiary/aromatic N) is 5. The van der Waals surface area contributed by atoms with Gasteiger partial charge in [-0.3, -0.25) is 9.69 Å². The molecule has 206 valence electrons. The molecular formula is C27H40N8O3. The predicted molar refractivity (Wildman–Crippen MR) is 150 cm³/mol. The highest BCUT2D eigenvalue weighted by Gasteiger charge is 2.28. The second kappa shape index (κ2) is 12.6. The number of hydrogen-bond donors (Lipinski definition) is 3. The number of fused-ring (bicyclic) bond motifs is 1. The predicted octanol–water partition coefficient (Wildman–Crippen LogP) is 2.32. The fourth-order valence-electron chi connectivity index (χ4n) is 5.45. The highest BCUT2D eigenvalue weighted by atomic mass is 16.5. The number of aliphatic imine (C=N–C) groups is 1. The molecule has 0 radical (unpaired) electrons. The molecule has 0 saturated carbocycles. The van der Waals surface area contributed by atoms with Crippen LogP contribution in [0.25, 0.3) is 0 Å². The summed E-state index contributed by atoms with van der Waals surface area (Å²) in [5.41, 5.74) is 3.14. The number of aromatic amines is 1. The van der Waals surface area contributed by atoms with Crippen LogP contribution in [0, 0.1) is 0 Å². The zero-order chi connectivity index (χ0) is 26.3. The minimum atomic E-state index is -0.494. The molecule has 11 nitrogen and oxygen atoms in total. The van der Waals surface area contributed by atoms with Gasteiger partial charge >= 0.3 is 0 Å². The van der Waals surface area contributed by atoms with Gasteiger partial charge in [-0.15, -0.1) is 0 Å². The van der Waals surface area contributed by atoms with E-state index in [9.17, 15) is 4.79 Å². The lowest BCUT2D eigenvalue weighted by Crippen LogP contribution is -2.49. The Labute approximate surface area is 224 Å². The Hall–Kier alpha value is -3.15. The van der Waals surface area contributed by atoms with E-state index in [1.165, 1.54) is 18.5 Å². The van der Waals surface area contributed by atoms with Crippen LogP contribution < -0.4 is 21.1 Å². The fraction of sp³-hybridized carbons (Fsp3) is 0.593. The third-order valence-corrected chi connectivity index (χ3v) is 7.63. The van der Waals surface area contributed by atoms with Crippen molar-refractivity contribution in [1.29, 1.82) is 0 Å². The lowest BCUT2D eigenvalue weighted by Gasteiger charge is -2.37. The van der Waals surface area contributed by atoms with Crippen LogP contribution in [0.4, 0.5) is 17.1 Å². The van der Waals surface area contributed by atoms with Crippen LogP contribution in [0.5, 0.6) is 0 Å². The lowest BCUT2D eigenvalue weighted by atomic mass is 10.1. The Balaban J connectivity index is 1.25. The molecule has 0 amide bonds. The molecule has 2 atom stereocenters. The van der Waals surface area contributed by atoms with Crippen LogP contribution in [-0.2, 0) is 9.47 Å². The molecule has 38 heavy (non-hydrogen) atoms. The zero-order valence-corrected chi connectivity index (χ0v) is 22.5. The highest BCUT2D eigenvalue weighted by molar-refractivity contribution is 5.96. The lowest BCUT2D eigenvalue weighted by molar-refractivity contribution is 0.00518. The molecule has 0 bridgehead atoms. The van der Waals surface area contributed by atoms with E-state index >= 15 is 0 Å². The fourth-order valence-corrected chi connectivity index (χ4v) is 5.45. The Bertz CT molecular complexity index is 1120. The van der Waals surface area contributed by atoms with Gasteiger partial charge in [-0.25, -0.2) is 10.1 Å². The number of nitrogens with one attached hydrogen (secondary N) is 3. The molecule has 1 aromatic carbocycles. The van der Waals surface area contributed by atoms with E-state index in [2.05, 4.69) is 59.8 Å². The Morgan fingerprint density at radius 2 is 1.74 bits per heavy atom. The zero-order valence-electron chi connectivity index (χ0n) is 22.5. The monoisotopic (exact) mass is 524 g/mol. The first kappa shape index (κ1) is 26.5. The van der Waals surface area contributed by atoms with Gasteiger partial charge in [0.2, 0.25) is 5.96 Å². The molecule has 3 aliphatic rings. The number of guanidine groups is 1. The van der Waals surface area contributed by atoms with Crippen LogP contribution in [-0.4, -0.2) is 98.7 Å². The van der Waals surface area contributed by atoms with E-state index in [-0.39, 0.29) is 11.7 Å². The number of benzene rings is 1. The van der Waals surface area contributed by atoms with E-state index in [1.54, 1.807) is 20.4 Å². The molecule has 4 heterocycles. The smallest absolute Gasteiger partial charge is 0.273 e. The van der Waals surface area contributed by atoms with Crippen molar-refractivity contribution in [2.75, 3.05) is 82.2 Å². The third-order valence-electron chi connectivity index (χ3n) is 7.63. The van der Waals surface area contributed by atoms with Crippen molar-refractivity contribution < 1.29 is 9.47 Å². The van der Waals surface area contributed by atoms with Gasteiger partial charge < -0.3 is 29.9 Å². The largest absolute Gasteiger partial charge is 0.382 e. The second-order valence-corrected chi connectivity index (χ2v) is 10.2. The van der Waals surface area contributed by atoms with Gasteiger partial charge in [0.05, 0.1) is 30.2 Å². The van der Waals surface area contributed by atoms with Crippen molar-refractivity contribution in [3.8, 4) is 0 Å². The Morgan fingerprint density at radius 1 is 1.00 bits per heavy atom. The molecule has 2 aromatic rings. The molecule has 3 aliphatic heterocycles. The average molecular weight is 525 g/mol.